The van der Waals surface area contributed by atoms with Crippen molar-refractivity contribution in [1.82, 2.24) is 29.5 Å². The predicted octanol–water partition coefficient (Wildman–Crippen LogP) is 1.79. The van der Waals surface area contributed by atoms with Crippen LogP contribution in [0.5, 0.6) is 5.88 Å². The molecule has 1 N–H and O–H groups in total. The van der Waals surface area contributed by atoms with Gasteiger partial charge in [0.25, 0.3) is 5.91 Å². The van der Waals surface area contributed by atoms with Crippen LogP contribution in [-0.2, 0) is 11.8 Å². The molecule has 1 saturated heterocycles. The summed E-state index contributed by atoms with van der Waals surface area (Å²) in [6.45, 7) is 1.98. The van der Waals surface area contributed by atoms with E-state index in [2.05, 4.69) is 30.2 Å². The van der Waals surface area contributed by atoms with Gasteiger partial charge in [0.1, 0.15) is 11.4 Å². The van der Waals surface area contributed by atoms with Crippen molar-refractivity contribution >= 4 is 17.5 Å². The summed E-state index contributed by atoms with van der Waals surface area (Å²) in [6.07, 6.45) is 8.27. The van der Waals surface area contributed by atoms with Gasteiger partial charge < -0.3 is 24.3 Å². The summed E-state index contributed by atoms with van der Waals surface area (Å²) in [4.78, 5) is 36.2. The Kier molecular flexibility index (Phi) is 6.55. The molecule has 0 radical (unpaired) electrons. The minimum absolute atomic E-state index is 0.176. The SMILES string of the molecule is CN(C)c1ncc(NC(=O)c2cc(OCC3CCOCC3)nc(-c3cncn3C)n2)cn1. The molecule has 0 atom stereocenters. The molecule has 11 nitrogen and oxygen atoms in total. The van der Waals surface area contributed by atoms with Gasteiger partial charge in [-0.15, -0.1) is 0 Å². The van der Waals surface area contributed by atoms with E-state index in [4.69, 9.17) is 9.47 Å². The fourth-order valence-electron chi connectivity index (χ4n) is 3.23. The Morgan fingerprint density at radius 2 is 1.97 bits per heavy atom. The molecule has 1 aliphatic heterocycles. The molecule has 0 bridgehead atoms. The minimum Gasteiger partial charge on any atom is -0.477 e. The Morgan fingerprint density at radius 1 is 1.22 bits per heavy atom. The van der Waals surface area contributed by atoms with Crippen LogP contribution >= 0.6 is 0 Å². The summed E-state index contributed by atoms with van der Waals surface area (Å²) in [6, 6.07) is 1.55. The summed E-state index contributed by atoms with van der Waals surface area (Å²) in [7, 11) is 5.53. The molecule has 1 fully saturated rings. The van der Waals surface area contributed by atoms with Gasteiger partial charge in [-0.3, -0.25) is 4.79 Å². The summed E-state index contributed by atoms with van der Waals surface area (Å²) in [5.74, 6) is 1.23. The molecule has 168 valence electrons. The zero-order valence-corrected chi connectivity index (χ0v) is 18.4. The second-order valence-corrected chi connectivity index (χ2v) is 7.79. The lowest BCUT2D eigenvalue weighted by atomic mass is 10.0. The molecule has 32 heavy (non-hydrogen) atoms. The molecule has 0 saturated carbocycles. The molecule has 0 unspecified atom stereocenters. The number of rotatable bonds is 7. The second-order valence-electron chi connectivity index (χ2n) is 7.79. The van der Waals surface area contributed by atoms with E-state index >= 15 is 0 Å². The third-order valence-corrected chi connectivity index (χ3v) is 5.08. The molecule has 3 aromatic heterocycles. The van der Waals surface area contributed by atoms with Crippen molar-refractivity contribution in [1.29, 1.82) is 0 Å². The minimum atomic E-state index is -0.409. The van der Waals surface area contributed by atoms with Crippen LogP contribution in [0.3, 0.4) is 0 Å². The van der Waals surface area contributed by atoms with Crippen molar-refractivity contribution in [2.75, 3.05) is 44.1 Å². The maximum atomic E-state index is 12.9. The van der Waals surface area contributed by atoms with Gasteiger partial charge in [-0.25, -0.2) is 19.9 Å². The Labute approximate surface area is 185 Å². The van der Waals surface area contributed by atoms with Crippen LogP contribution in [0.25, 0.3) is 11.5 Å². The fourth-order valence-corrected chi connectivity index (χ4v) is 3.23. The highest BCUT2D eigenvalue weighted by molar-refractivity contribution is 6.03. The van der Waals surface area contributed by atoms with Crippen LogP contribution in [0.4, 0.5) is 11.6 Å². The van der Waals surface area contributed by atoms with Gasteiger partial charge in [0.2, 0.25) is 11.8 Å². The summed E-state index contributed by atoms with van der Waals surface area (Å²) in [5.41, 5.74) is 1.31. The summed E-state index contributed by atoms with van der Waals surface area (Å²) >= 11 is 0. The van der Waals surface area contributed by atoms with E-state index in [9.17, 15) is 4.79 Å². The van der Waals surface area contributed by atoms with Gasteiger partial charge in [0, 0.05) is 40.4 Å². The third-order valence-electron chi connectivity index (χ3n) is 5.08. The highest BCUT2D eigenvalue weighted by Gasteiger charge is 2.19. The maximum Gasteiger partial charge on any atom is 0.274 e. The molecular weight excluding hydrogens is 412 g/mol. The number of imidazole rings is 1. The lowest BCUT2D eigenvalue weighted by molar-refractivity contribution is 0.0490. The van der Waals surface area contributed by atoms with Crippen LogP contribution in [0, 0.1) is 5.92 Å². The summed E-state index contributed by atoms with van der Waals surface area (Å²) in [5, 5.41) is 2.78. The average Bonchev–Trinajstić information content (AvgIpc) is 3.24. The van der Waals surface area contributed by atoms with Gasteiger partial charge in [0.05, 0.1) is 37.2 Å². The van der Waals surface area contributed by atoms with Crippen LogP contribution < -0.4 is 15.0 Å². The first-order valence-corrected chi connectivity index (χ1v) is 10.4. The zero-order chi connectivity index (χ0) is 22.5. The first-order chi connectivity index (χ1) is 15.5. The lowest BCUT2D eigenvalue weighted by Gasteiger charge is -2.22. The standard InChI is InChI=1S/C21H26N8O3/c1-28(2)21-23-9-15(10-24-21)25-20(30)16-8-18(32-12-14-4-6-31-7-5-14)27-19(26-16)17-11-22-13-29(17)3/h8-11,13-14H,4-7,12H2,1-3H3,(H,25,30). The topological polar surface area (TPSA) is 120 Å². The highest BCUT2D eigenvalue weighted by Crippen LogP contribution is 2.22. The monoisotopic (exact) mass is 438 g/mol. The van der Waals surface area contributed by atoms with Crippen molar-refractivity contribution in [3.05, 3.63) is 36.7 Å². The average molecular weight is 438 g/mol. The van der Waals surface area contributed by atoms with Crippen molar-refractivity contribution in [2.24, 2.45) is 13.0 Å². The number of ether oxygens (including phenoxy) is 2. The van der Waals surface area contributed by atoms with E-state index in [1.807, 2.05) is 21.1 Å². The van der Waals surface area contributed by atoms with Crippen molar-refractivity contribution in [2.45, 2.75) is 12.8 Å². The zero-order valence-electron chi connectivity index (χ0n) is 18.4. The van der Waals surface area contributed by atoms with E-state index in [1.165, 1.54) is 0 Å². The van der Waals surface area contributed by atoms with Crippen molar-refractivity contribution in [3.63, 3.8) is 0 Å². The second kappa shape index (κ2) is 9.69. The molecule has 3 aromatic rings. The molecule has 0 aliphatic carbocycles. The third kappa shape index (κ3) is 5.17. The lowest BCUT2D eigenvalue weighted by Crippen LogP contribution is -2.22. The molecule has 1 amide bonds. The number of aromatic nitrogens is 6. The normalized spacial score (nSPS) is 14.2. The van der Waals surface area contributed by atoms with Crippen LogP contribution in [0.2, 0.25) is 0 Å². The van der Waals surface area contributed by atoms with Crippen molar-refractivity contribution in [3.8, 4) is 17.4 Å². The fraction of sp³-hybridized carbons (Fsp3) is 0.429. The first-order valence-electron chi connectivity index (χ1n) is 10.4. The Morgan fingerprint density at radius 3 is 2.62 bits per heavy atom. The number of hydrogen-bond acceptors (Lipinski definition) is 9. The number of amides is 1. The number of carbonyl (C=O) groups is 1. The highest BCUT2D eigenvalue weighted by atomic mass is 16.5. The van der Waals surface area contributed by atoms with Crippen LogP contribution in [-0.4, -0.2) is 69.3 Å². The van der Waals surface area contributed by atoms with Gasteiger partial charge >= 0.3 is 0 Å². The quantitative estimate of drug-likeness (QED) is 0.588. The Hall–Kier alpha value is -3.60. The van der Waals surface area contributed by atoms with Gasteiger partial charge in [-0.05, 0) is 18.8 Å². The number of nitrogens with zero attached hydrogens (tertiary/aromatic N) is 7. The van der Waals surface area contributed by atoms with Crippen molar-refractivity contribution < 1.29 is 14.3 Å². The summed E-state index contributed by atoms with van der Waals surface area (Å²) < 4.78 is 13.1. The molecule has 0 spiro atoms. The first kappa shape index (κ1) is 21.6. The van der Waals surface area contributed by atoms with Gasteiger partial charge in [-0.2, -0.15) is 4.98 Å². The molecule has 4 rings (SSSR count). The molecule has 1 aliphatic rings. The van der Waals surface area contributed by atoms with Crippen LogP contribution in [0.15, 0.2) is 31.0 Å². The number of nitrogens with one attached hydrogen (secondary N) is 1. The Balaban J connectivity index is 1.56. The Bertz CT molecular complexity index is 1060. The van der Waals surface area contributed by atoms with E-state index in [0.717, 1.165) is 26.1 Å². The molecule has 0 aromatic carbocycles. The molecule has 11 heteroatoms. The van der Waals surface area contributed by atoms with E-state index < -0.39 is 5.91 Å². The van der Waals surface area contributed by atoms with Crippen LogP contribution in [0.1, 0.15) is 23.3 Å². The maximum absolute atomic E-state index is 12.9. The van der Waals surface area contributed by atoms with E-state index in [1.54, 1.807) is 40.5 Å². The van der Waals surface area contributed by atoms with Gasteiger partial charge in [-0.1, -0.05) is 0 Å². The largest absolute Gasteiger partial charge is 0.477 e. The number of hydrogen-bond donors (Lipinski definition) is 1. The van der Waals surface area contributed by atoms with E-state index in [0.29, 0.717) is 41.6 Å². The smallest absolute Gasteiger partial charge is 0.274 e. The molecule has 4 heterocycles. The predicted molar refractivity (Wildman–Crippen MR) is 118 cm³/mol. The van der Waals surface area contributed by atoms with Gasteiger partial charge in [0.15, 0.2) is 5.82 Å². The van der Waals surface area contributed by atoms with E-state index in [-0.39, 0.29) is 5.69 Å². The number of aryl methyl sites for hydroxylation is 1. The number of anilines is 2. The molecular formula is C21H26N8O3. The number of carbonyl (C=O) groups excluding carboxylic acids is 1.